The van der Waals surface area contributed by atoms with Crippen molar-refractivity contribution < 1.29 is 15.3 Å². The summed E-state index contributed by atoms with van der Waals surface area (Å²) >= 11 is 0. The maximum absolute atomic E-state index is 12.0. The van der Waals surface area contributed by atoms with Gasteiger partial charge in [-0.15, -0.1) is 6.42 Å². The van der Waals surface area contributed by atoms with Crippen LogP contribution in [0.1, 0.15) is 19.9 Å². The monoisotopic (exact) mass is 251 g/mol. The van der Waals surface area contributed by atoms with E-state index >= 15 is 0 Å². The topological polar surface area (TPSA) is 46.6 Å². The first-order valence-corrected chi connectivity index (χ1v) is 6.52. The molecule has 0 bridgehead atoms. The van der Waals surface area contributed by atoms with Crippen molar-refractivity contribution in [2.75, 3.05) is 6.50 Å². The first-order valence-electron chi connectivity index (χ1n) is 6.15. The van der Waals surface area contributed by atoms with E-state index in [-0.39, 0.29) is 0 Å². The van der Waals surface area contributed by atoms with E-state index in [4.69, 9.17) is 13.3 Å². The van der Waals surface area contributed by atoms with Crippen molar-refractivity contribution in [2.24, 2.45) is 0 Å². The summed E-state index contributed by atoms with van der Waals surface area (Å²) in [5.74, 6) is 1.88. The Hall–Kier alpha value is -1.35. The van der Waals surface area contributed by atoms with Gasteiger partial charge in [-0.2, -0.15) is 12.7 Å². The lowest BCUT2D eigenvalue weighted by atomic mass is 10.1. The highest BCUT2D eigenvalue weighted by atomic mass is 32.2. The van der Waals surface area contributed by atoms with E-state index in [0.717, 1.165) is 11.1 Å². The van der Waals surface area contributed by atoms with Crippen LogP contribution in [-0.2, 0) is 20.9 Å². The Morgan fingerprint density at radius 1 is 1.59 bits per heavy atom. The van der Waals surface area contributed by atoms with Crippen LogP contribution < -0.4 is 0 Å². The normalized spacial score (nSPS) is 32.2. The average Bonchev–Trinajstić information content (AvgIpc) is 2.79. The van der Waals surface area contributed by atoms with Crippen LogP contribution in [0.5, 0.6) is 0 Å². The Labute approximate surface area is 103 Å². The number of hydrogen-bond acceptors (Lipinski definition) is 3. The average molecular weight is 251 g/mol. The Morgan fingerprint density at radius 2 is 2.35 bits per heavy atom. The smallest absolute Gasteiger partial charge is 0.252 e. The lowest BCUT2D eigenvalue weighted by Gasteiger charge is -2.17. The second-order valence-corrected chi connectivity index (χ2v) is 5.43. The molecule has 4 nitrogen and oxygen atoms in total. The molecule has 1 heterocycles. The summed E-state index contributed by atoms with van der Waals surface area (Å²) < 4.78 is 45.0. The van der Waals surface area contributed by atoms with Crippen LogP contribution in [-0.4, -0.2) is 25.3 Å². The number of terminal acetylenes is 1. The van der Waals surface area contributed by atoms with Crippen molar-refractivity contribution in [1.82, 2.24) is 4.31 Å². The molecule has 1 aliphatic heterocycles. The molecule has 0 amide bonds. The Bertz CT molecular complexity index is 680. The second-order valence-electron chi connectivity index (χ2n) is 3.99. The van der Waals surface area contributed by atoms with E-state index in [9.17, 15) is 8.42 Å². The van der Waals surface area contributed by atoms with Gasteiger partial charge in [0.15, 0.2) is 0 Å². The summed E-state index contributed by atoms with van der Waals surface area (Å²) in [6.45, 7) is -2.41. The molecule has 0 radical (unpaired) electrons. The zero-order valence-corrected chi connectivity index (χ0v) is 9.65. The van der Waals surface area contributed by atoms with Crippen LogP contribution in [0.3, 0.4) is 0 Å². The van der Waals surface area contributed by atoms with Crippen LogP contribution in [0.25, 0.3) is 0 Å². The van der Waals surface area contributed by atoms with Crippen LogP contribution >= 0.6 is 0 Å². The van der Waals surface area contributed by atoms with E-state index in [1.807, 2.05) is 18.1 Å². The van der Waals surface area contributed by atoms with Gasteiger partial charge in [0, 0.05) is 6.42 Å². The summed E-state index contributed by atoms with van der Waals surface area (Å²) in [6, 6.07) is 6.62. The molecule has 2 aliphatic rings. The van der Waals surface area contributed by atoms with Gasteiger partial charge in [0.2, 0.25) is 0 Å². The van der Waals surface area contributed by atoms with Crippen LogP contribution in [0.2, 0.25) is 0 Å². The van der Waals surface area contributed by atoms with Crippen molar-refractivity contribution in [3.05, 3.63) is 35.4 Å². The van der Waals surface area contributed by atoms with Gasteiger partial charge in [-0.05, 0) is 11.1 Å². The summed E-state index contributed by atoms with van der Waals surface area (Å²) in [6.07, 6.45) is 4.96. The lowest BCUT2D eigenvalue weighted by molar-refractivity contribution is 0.214. The highest BCUT2D eigenvalue weighted by Gasteiger charge is 2.50. The van der Waals surface area contributed by atoms with Crippen molar-refractivity contribution in [3.8, 4) is 12.3 Å². The Morgan fingerprint density at radius 3 is 3.12 bits per heavy atom. The van der Waals surface area contributed by atoms with Crippen molar-refractivity contribution in [2.45, 2.75) is 18.6 Å². The number of hydrogen-bond donors (Lipinski definition) is 0. The SMILES string of the molecule is [2H]C([2H])(C#C)N1C2c3ccccc3CC2OS1(=O)=O. The summed E-state index contributed by atoms with van der Waals surface area (Å²) in [5.41, 5.74) is 1.72. The lowest BCUT2D eigenvalue weighted by Crippen LogP contribution is -2.28. The second kappa shape index (κ2) is 3.57. The van der Waals surface area contributed by atoms with Gasteiger partial charge in [-0.25, -0.2) is 0 Å². The van der Waals surface area contributed by atoms with Gasteiger partial charge in [-0.3, -0.25) is 4.18 Å². The molecule has 2 unspecified atom stereocenters. The van der Waals surface area contributed by atoms with Crippen LogP contribution in [0, 0.1) is 12.3 Å². The molecule has 1 aliphatic carbocycles. The maximum atomic E-state index is 12.0. The molecule has 0 saturated carbocycles. The molecule has 2 atom stereocenters. The standard InChI is InChI=1S/C12H11NO3S/c1-2-7-13-12-10-6-4-3-5-9(10)8-11(12)16-17(13,14)15/h1,3-6,11-12H,7-8H2/i7D2. The van der Waals surface area contributed by atoms with Crippen molar-refractivity contribution in [1.29, 1.82) is 0 Å². The molecule has 1 aromatic carbocycles. The molecule has 5 heteroatoms. The molecular weight excluding hydrogens is 238 g/mol. The van der Waals surface area contributed by atoms with Gasteiger partial charge in [-0.1, -0.05) is 30.2 Å². The minimum atomic E-state index is -4.14. The fraction of sp³-hybridized carbons (Fsp3) is 0.333. The molecule has 88 valence electrons. The molecule has 0 aromatic heterocycles. The van der Waals surface area contributed by atoms with Crippen molar-refractivity contribution in [3.63, 3.8) is 0 Å². The predicted molar refractivity (Wildman–Crippen MR) is 62.2 cm³/mol. The highest BCUT2D eigenvalue weighted by molar-refractivity contribution is 7.84. The van der Waals surface area contributed by atoms with Crippen LogP contribution in [0.4, 0.5) is 0 Å². The Kier molecular flexibility index (Phi) is 1.83. The third-order valence-corrected chi connectivity index (χ3v) is 4.35. The molecular formula is C12H11NO3S. The summed E-state index contributed by atoms with van der Waals surface area (Å²) in [7, 11) is -4.14. The third kappa shape index (κ3) is 1.49. The maximum Gasteiger partial charge on any atom is 0.340 e. The fourth-order valence-electron chi connectivity index (χ4n) is 2.43. The number of nitrogens with zero attached hydrogens (tertiary/aromatic N) is 1. The molecule has 1 aromatic rings. The third-order valence-electron chi connectivity index (χ3n) is 3.06. The molecule has 1 saturated heterocycles. The molecule has 0 spiro atoms. The van der Waals surface area contributed by atoms with E-state index in [0.29, 0.717) is 10.7 Å². The first-order chi connectivity index (χ1) is 8.87. The van der Waals surface area contributed by atoms with Gasteiger partial charge in [0.25, 0.3) is 0 Å². The van der Waals surface area contributed by atoms with Gasteiger partial charge in [0.1, 0.15) is 6.10 Å². The number of benzene rings is 1. The van der Waals surface area contributed by atoms with Crippen molar-refractivity contribution >= 4 is 10.3 Å². The zero-order chi connectivity index (χ0) is 13.8. The van der Waals surface area contributed by atoms with Gasteiger partial charge in [0.05, 0.1) is 15.3 Å². The van der Waals surface area contributed by atoms with E-state index < -0.39 is 28.9 Å². The van der Waals surface area contributed by atoms with E-state index in [2.05, 4.69) is 0 Å². The fourth-order valence-corrected chi connectivity index (χ4v) is 3.70. The summed E-state index contributed by atoms with van der Waals surface area (Å²) in [5, 5.41) is 0. The number of rotatable bonds is 1. The van der Waals surface area contributed by atoms with E-state index in [1.165, 1.54) is 0 Å². The van der Waals surface area contributed by atoms with Gasteiger partial charge < -0.3 is 0 Å². The quantitative estimate of drug-likeness (QED) is 0.696. The number of fused-ring (bicyclic) bond motifs is 3. The van der Waals surface area contributed by atoms with Crippen LogP contribution in [0.15, 0.2) is 24.3 Å². The predicted octanol–water partition coefficient (Wildman–Crippen LogP) is 0.863. The first kappa shape index (κ1) is 8.70. The van der Waals surface area contributed by atoms with E-state index in [1.54, 1.807) is 12.1 Å². The minimum absolute atomic E-state index is 0.442. The largest absolute Gasteiger partial charge is 0.340 e. The molecule has 17 heavy (non-hydrogen) atoms. The zero-order valence-electron chi connectivity index (χ0n) is 10.8. The highest BCUT2D eigenvalue weighted by Crippen LogP contribution is 2.44. The molecule has 1 fully saturated rings. The van der Waals surface area contributed by atoms with Gasteiger partial charge >= 0.3 is 10.3 Å². The molecule has 0 N–H and O–H groups in total. The minimum Gasteiger partial charge on any atom is -0.252 e. The Balaban J connectivity index is 2.16. The summed E-state index contributed by atoms with van der Waals surface area (Å²) in [4.78, 5) is 0. The molecule has 3 rings (SSSR count).